The largest absolute Gasteiger partial charge is 0.494 e. The minimum absolute atomic E-state index is 0.0563. The zero-order chi connectivity index (χ0) is 30.2. The van der Waals surface area contributed by atoms with Crippen molar-refractivity contribution < 1.29 is 23.1 Å². The molecule has 1 heterocycles. The fraction of sp³-hybridized carbons (Fsp3) is 0.200. The predicted molar refractivity (Wildman–Crippen MR) is 163 cm³/mol. The Labute approximate surface area is 249 Å². The van der Waals surface area contributed by atoms with Gasteiger partial charge in [0.2, 0.25) is 5.91 Å². The molecule has 0 unspecified atom stereocenters. The van der Waals surface area contributed by atoms with Gasteiger partial charge in [-0.15, -0.1) is 0 Å². The molecule has 6 nitrogen and oxygen atoms in total. The number of halogens is 2. The molecule has 0 fully saturated rings. The van der Waals surface area contributed by atoms with Crippen molar-refractivity contribution in [2.45, 2.75) is 26.4 Å². The summed E-state index contributed by atoms with van der Waals surface area (Å²) < 4.78 is 33.2. The van der Waals surface area contributed by atoms with Gasteiger partial charge in [0.05, 0.1) is 6.61 Å². The summed E-state index contributed by atoms with van der Waals surface area (Å²) in [5.41, 5.74) is 3.80. The maximum atomic E-state index is 14.0. The van der Waals surface area contributed by atoms with Gasteiger partial charge in [0.15, 0.2) is 0 Å². The summed E-state index contributed by atoms with van der Waals surface area (Å²) in [5, 5.41) is 1.09. The van der Waals surface area contributed by atoms with Crippen LogP contribution in [-0.4, -0.2) is 46.3 Å². The first kappa shape index (κ1) is 29.5. The third-order valence-corrected chi connectivity index (χ3v) is 7.26. The van der Waals surface area contributed by atoms with Crippen LogP contribution in [0.2, 0.25) is 0 Å². The Hall–Kier alpha value is -4.98. The molecule has 1 aromatic heterocycles. The molecule has 2 amide bonds. The van der Waals surface area contributed by atoms with E-state index in [2.05, 4.69) is 4.98 Å². The number of fused-ring (bicyclic) bond motifs is 1. The summed E-state index contributed by atoms with van der Waals surface area (Å²) in [6.45, 7) is 3.02. The van der Waals surface area contributed by atoms with Crippen LogP contribution >= 0.6 is 0 Å². The van der Waals surface area contributed by atoms with Gasteiger partial charge in [0, 0.05) is 42.3 Å². The Morgan fingerprint density at radius 1 is 0.791 bits per heavy atom. The number of ether oxygens (including phenoxy) is 1. The summed E-state index contributed by atoms with van der Waals surface area (Å²) in [7, 11) is 0. The van der Waals surface area contributed by atoms with Gasteiger partial charge in [-0.1, -0.05) is 48.5 Å². The summed E-state index contributed by atoms with van der Waals surface area (Å²) in [5.74, 6) is -0.957. The predicted octanol–water partition coefficient (Wildman–Crippen LogP) is 6.76. The summed E-state index contributed by atoms with van der Waals surface area (Å²) in [4.78, 5) is 33.9. The lowest BCUT2D eigenvalue weighted by molar-refractivity contribution is -0.132. The Balaban J connectivity index is 1.40. The number of hydrogen-bond donors (Lipinski definition) is 1. The summed E-state index contributed by atoms with van der Waals surface area (Å²) in [6.07, 6.45) is 2.56. The van der Waals surface area contributed by atoms with Gasteiger partial charge in [0.25, 0.3) is 5.91 Å². The molecular weight excluding hydrogens is 548 g/mol. The highest BCUT2D eigenvalue weighted by atomic mass is 19.1. The first-order valence-corrected chi connectivity index (χ1v) is 14.2. The maximum Gasteiger partial charge on any atom is 0.254 e. The Morgan fingerprint density at radius 2 is 1.49 bits per heavy atom. The number of amides is 2. The fourth-order valence-electron chi connectivity index (χ4n) is 5.04. The molecule has 0 aliphatic heterocycles. The van der Waals surface area contributed by atoms with E-state index in [1.54, 1.807) is 17.0 Å². The maximum absolute atomic E-state index is 14.0. The van der Waals surface area contributed by atoms with E-state index >= 15 is 0 Å². The molecule has 0 radical (unpaired) electrons. The van der Waals surface area contributed by atoms with Crippen molar-refractivity contribution in [2.24, 2.45) is 0 Å². The van der Waals surface area contributed by atoms with Crippen molar-refractivity contribution in [3.63, 3.8) is 0 Å². The average Bonchev–Trinajstić information content (AvgIpc) is 3.43. The van der Waals surface area contributed by atoms with Crippen LogP contribution in [0.4, 0.5) is 8.78 Å². The zero-order valence-electron chi connectivity index (χ0n) is 23.9. The second-order valence-corrected chi connectivity index (χ2v) is 10.3. The molecule has 0 aliphatic carbocycles. The Bertz CT molecular complexity index is 1680. The van der Waals surface area contributed by atoms with E-state index < -0.39 is 17.5 Å². The van der Waals surface area contributed by atoms with Crippen molar-refractivity contribution >= 4 is 22.7 Å². The van der Waals surface area contributed by atoms with Crippen LogP contribution in [0.25, 0.3) is 10.9 Å². The second kappa shape index (κ2) is 13.8. The topological polar surface area (TPSA) is 65.6 Å². The standard InChI is InChI=1S/C35H33F2N3O3/c1-2-43-31-16-12-26(13-17-31)22-39(19-18-28-21-38-33-9-4-3-8-32(28)33)34(41)24-40(23-25-10-14-29(36)15-11-25)35(42)27-6-5-7-30(37)20-27/h3-17,20-21,38H,2,18-19,22-24H2,1H3. The molecule has 0 saturated carbocycles. The number of H-pyrrole nitrogens is 1. The number of carbonyl (C=O) groups is 2. The lowest BCUT2D eigenvalue weighted by atomic mass is 10.1. The molecule has 5 rings (SSSR count). The smallest absolute Gasteiger partial charge is 0.254 e. The molecule has 0 saturated heterocycles. The van der Waals surface area contributed by atoms with Gasteiger partial charge in [-0.25, -0.2) is 8.78 Å². The number of benzene rings is 4. The number of aromatic amines is 1. The quantitative estimate of drug-likeness (QED) is 0.177. The minimum atomic E-state index is -0.547. The number of para-hydroxylation sites is 1. The van der Waals surface area contributed by atoms with E-state index in [9.17, 15) is 18.4 Å². The van der Waals surface area contributed by atoms with Gasteiger partial charge in [0.1, 0.15) is 23.9 Å². The highest BCUT2D eigenvalue weighted by Crippen LogP contribution is 2.20. The molecule has 0 atom stereocenters. The van der Waals surface area contributed by atoms with Crippen LogP contribution in [0, 0.1) is 11.6 Å². The first-order valence-electron chi connectivity index (χ1n) is 14.2. The average molecular weight is 582 g/mol. The van der Waals surface area contributed by atoms with Crippen molar-refractivity contribution in [1.29, 1.82) is 0 Å². The molecule has 5 aromatic rings. The van der Waals surface area contributed by atoms with Crippen LogP contribution < -0.4 is 4.74 Å². The van der Waals surface area contributed by atoms with E-state index in [0.717, 1.165) is 33.8 Å². The highest BCUT2D eigenvalue weighted by molar-refractivity contribution is 5.96. The van der Waals surface area contributed by atoms with Gasteiger partial charge in [-0.05, 0) is 78.6 Å². The molecule has 4 aromatic carbocycles. The monoisotopic (exact) mass is 581 g/mol. The molecule has 1 N–H and O–H groups in total. The van der Waals surface area contributed by atoms with Crippen molar-refractivity contribution in [1.82, 2.24) is 14.8 Å². The van der Waals surface area contributed by atoms with Gasteiger partial charge < -0.3 is 19.5 Å². The first-order chi connectivity index (χ1) is 20.9. The van der Waals surface area contributed by atoms with E-state index in [4.69, 9.17) is 4.74 Å². The number of carbonyl (C=O) groups excluding carboxylic acids is 2. The molecular formula is C35H33F2N3O3. The van der Waals surface area contributed by atoms with Crippen molar-refractivity contribution in [3.8, 4) is 5.75 Å². The van der Waals surface area contributed by atoms with Crippen molar-refractivity contribution in [2.75, 3.05) is 19.7 Å². The summed E-state index contributed by atoms with van der Waals surface area (Å²) >= 11 is 0. The highest BCUT2D eigenvalue weighted by Gasteiger charge is 2.24. The van der Waals surface area contributed by atoms with E-state index in [1.165, 1.54) is 35.2 Å². The van der Waals surface area contributed by atoms with Gasteiger partial charge in [-0.3, -0.25) is 9.59 Å². The van der Waals surface area contributed by atoms with Crippen molar-refractivity contribution in [3.05, 3.63) is 137 Å². The van der Waals surface area contributed by atoms with Gasteiger partial charge in [-0.2, -0.15) is 0 Å². The molecule has 0 bridgehead atoms. The molecule has 0 spiro atoms. The third kappa shape index (κ3) is 7.65. The number of aromatic nitrogens is 1. The van der Waals surface area contributed by atoms with Crippen LogP contribution in [0.15, 0.2) is 103 Å². The third-order valence-electron chi connectivity index (χ3n) is 7.26. The van der Waals surface area contributed by atoms with Crippen LogP contribution in [0.5, 0.6) is 5.75 Å². The fourth-order valence-corrected chi connectivity index (χ4v) is 5.04. The lowest BCUT2D eigenvalue weighted by Gasteiger charge is -2.28. The van der Waals surface area contributed by atoms with Crippen LogP contribution in [0.1, 0.15) is 34.0 Å². The number of nitrogens with one attached hydrogen (secondary N) is 1. The second-order valence-electron chi connectivity index (χ2n) is 10.3. The molecule has 220 valence electrons. The number of nitrogens with zero attached hydrogens (tertiary/aromatic N) is 2. The van der Waals surface area contributed by atoms with Crippen LogP contribution in [-0.2, 0) is 24.3 Å². The van der Waals surface area contributed by atoms with E-state index in [1.807, 2.05) is 61.7 Å². The zero-order valence-corrected chi connectivity index (χ0v) is 23.9. The number of hydrogen-bond acceptors (Lipinski definition) is 3. The number of rotatable bonds is 12. The van der Waals surface area contributed by atoms with Gasteiger partial charge >= 0.3 is 0 Å². The van der Waals surface area contributed by atoms with E-state index in [-0.39, 0.29) is 24.6 Å². The lowest BCUT2D eigenvalue weighted by Crippen LogP contribution is -2.43. The minimum Gasteiger partial charge on any atom is -0.494 e. The molecule has 0 aliphatic rings. The molecule has 43 heavy (non-hydrogen) atoms. The Kier molecular flexibility index (Phi) is 9.46. The van der Waals surface area contributed by atoms with E-state index in [0.29, 0.717) is 31.7 Å². The Morgan fingerprint density at radius 3 is 2.21 bits per heavy atom. The SMILES string of the molecule is CCOc1ccc(CN(CCc2c[nH]c3ccccc23)C(=O)CN(Cc2ccc(F)cc2)C(=O)c2cccc(F)c2)cc1. The normalized spacial score (nSPS) is 11.0. The van der Waals surface area contributed by atoms with Crippen LogP contribution in [0.3, 0.4) is 0 Å². The summed E-state index contributed by atoms with van der Waals surface area (Å²) in [6, 6.07) is 26.7. The molecule has 8 heteroatoms.